The second kappa shape index (κ2) is 4.80. The van der Waals surface area contributed by atoms with Crippen LogP contribution in [-0.4, -0.2) is 18.0 Å². The van der Waals surface area contributed by atoms with Crippen molar-refractivity contribution in [2.75, 3.05) is 6.54 Å². The zero-order valence-corrected chi connectivity index (χ0v) is 11.5. The van der Waals surface area contributed by atoms with Gasteiger partial charge in [-0.1, -0.05) is 30.3 Å². The van der Waals surface area contributed by atoms with E-state index in [0.29, 0.717) is 0 Å². The van der Waals surface area contributed by atoms with Crippen molar-refractivity contribution in [1.82, 2.24) is 10.6 Å². The van der Waals surface area contributed by atoms with Gasteiger partial charge in [0.25, 0.3) is 0 Å². The van der Waals surface area contributed by atoms with Gasteiger partial charge < -0.3 is 16.4 Å². The molecule has 2 aliphatic heterocycles. The van der Waals surface area contributed by atoms with Gasteiger partial charge in [-0.05, 0) is 42.3 Å². The molecule has 0 saturated heterocycles. The maximum Gasteiger partial charge on any atom is 0.247 e. The third-order valence-electron chi connectivity index (χ3n) is 4.23. The van der Waals surface area contributed by atoms with E-state index in [0.717, 1.165) is 18.5 Å². The summed E-state index contributed by atoms with van der Waals surface area (Å²) in [6.45, 7) is 2.74. The zero-order chi connectivity index (χ0) is 14.2. The number of hydrogen-bond acceptors (Lipinski definition) is 3. The minimum Gasteiger partial charge on any atom is -0.374 e. The molecule has 2 heterocycles. The number of hydrogen-bond donors (Lipinski definition) is 3. The quantitative estimate of drug-likeness (QED) is 0.755. The van der Waals surface area contributed by atoms with Crippen molar-refractivity contribution in [3.8, 4) is 0 Å². The molecule has 2 unspecified atom stereocenters. The van der Waals surface area contributed by atoms with Crippen LogP contribution in [0.1, 0.15) is 24.1 Å². The summed E-state index contributed by atoms with van der Waals surface area (Å²) in [5.74, 6) is -0.363. The normalized spacial score (nSPS) is 28.2. The van der Waals surface area contributed by atoms with Gasteiger partial charge in [-0.2, -0.15) is 0 Å². The predicted octanol–water partition coefficient (Wildman–Crippen LogP) is 1.16. The molecule has 0 spiro atoms. The fourth-order valence-electron chi connectivity index (χ4n) is 3.00. The SMILES string of the molecule is CC1(C(N)=O)NC=CC=C1C1NCCc2ccccc21. The number of primary amides is 1. The van der Waals surface area contributed by atoms with Gasteiger partial charge in [0.2, 0.25) is 5.91 Å². The first-order valence-corrected chi connectivity index (χ1v) is 6.89. The predicted molar refractivity (Wildman–Crippen MR) is 78.8 cm³/mol. The first kappa shape index (κ1) is 12.9. The molecular formula is C16H19N3O. The second-order valence-electron chi connectivity index (χ2n) is 5.45. The van der Waals surface area contributed by atoms with Crippen molar-refractivity contribution >= 4 is 5.91 Å². The third kappa shape index (κ3) is 1.93. The van der Waals surface area contributed by atoms with Gasteiger partial charge in [-0.15, -0.1) is 0 Å². The van der Waals surface area contributed by atoms with Gasteiger partial charge in [0.05, 0.1) is 6.04 Å². The van der Waals surface area contributed by atoms with Gasteiger partial charge in [0, 0.05) is 6.54 Å². The molecule has 0 aliphatic carbocycles. The smallest absolute Gasteiger partial charge is 0.247 e. The number of nitrogens with one attached hydrogen (secondary N) is 2. The van der Waals surface area contributed by atoms with Crippen LogP contribution in [0.15, 0.2) is 48.2 Å². The minimum atomic E-state index is -0.850. The molecule has 2 atom stereocenters. The van der Waals surface area contributed by atoms with Crippen LogP contribution in [0.5, 0.6) is 0 Å². The van der Waals surface area contributed by atoms with Gasteiger partial charge in [0.15, 0.2) is 0 Å². The Labute approximate surface area is 118 Å². The lowest BCUT2D eigenvalue weighted by atomic mass is 9.78. The number of carbonyl (C=O) groups excluding carboxylic acids is 1. The average Bonchev–Trinajstić information content (AvgIpc) is 2.47. The number of nitrogens with two attached hydrogens (primary N) is 1. The fraction of sp³-hybridized carbons (Fsp3) is 0.312. The van der Waals surface area contributed by atoms with Crippen molar-refractivity contribution in [1.29, 1.82) is 0 Å². The Morgan fingerprint density at radius 3 is 3.00 bits per heavy atom. The maximum absolute atomic E-state index is 11.9. The van der Waals surface area contributed by atoms with E-state index in [-0.39, 0.29) is 11.9 Å². The average molecular weight is 269 g/mol. The topological polar surface area (TPSA) is 67.2 Å². The van der Waals surface area contributed by atoms with Crippen LogP contribution in [0.25, 0.3) is 0 Å². The summed E-state index contributed by atoms with van der Waals surface area (Å²) in [5.41, 5.74) is 8.30. The van der Waals surface area contributed by atoms with Crippen molar-refractivity contribution in [2.45, 2.75) is 24.9 Å². The monoisotopic (exact) mass is 269 g/mol. The second-order valence-corrected chi connectivity index (χ2v) is 5.45. The number of fused-ring (bicyclic) bond motifs is 1. The summed E-state index contributed by atoms with van der Waals surface area (Å²) in [7, 11) is 0. The Hall–Kier alpha value is -2.07. The molecule has 20 heavy (non-hydrogen) atoms. The highest BCUT2D eigenvalue weighted by molar-refractivity contribution is 5.89. The van der Waals surface area contributed by atoms with Crippen molar-refractivity contribution < 1.29 is 4.79 Å². The van der Waals surface area contributed by atoms with E-state index in [2.05, 4.69) is 28.8 Å². The summed E-state index contributed by atoms with van der Waals surface area (Å²) in [5, 5.41) is 6.61. The number of allylic oxidation sites excluding steroid dienone is 2. The van der Waals surface area contributed by atoms with Crippen LogP contribution in [0.4, 0.5) is 0 Å². The zero-order valence-electron chi connectivity index (χ0n) is 11.5. The lowest BCUT2D eigenvalue weighted by Crippen LogP contribution is -2.56. The molecule has 3 rings (SSSR count). The Morgan fingerprint density at radius 2 is 2.20 bits per heavy atom. The first-order valence-electron chi connectivity index (χ1n) is 6.89. The van der Waals surface area contributed by atoms with Crippen molar-refractivity contribution in [2.24, 2.45) is 5.73 Å². The molecule has 0 bridgehead atoms. The molecule has 104 valence electrons. The molecule has 1 aromatic rings. The molecule has 0 saturated carbocycles. The van der Waals surface area contributed by atoms with Crippen LogP contribution < -0.4 is 16.4 Å². The molecule has 1 aromatic carbocycles. The third-order valence-corrected chi connectivity index (χ3v) is 4.23. The molecule has 0 aromatic heterocycles. The Morgan fingerprint density at radius 1 is 1.40 bits per heavy atom. The van der Waals surface area contributed by atoms with Crippen LogP contribution in [0.2, 0.25) is 0 Å². The van der Waals surface area contributed by atoms with Gasteiger partial charge in [0.1, 0.15) is 5.54 Å². The molecule has 4 N–H and O–H groups in total. The van der Waals surface area contributed by atoms with Crippen LogP contribution in [0, 0.1) is 0 Å². The molecule has 4 nitrogen and oxygen atoms in total. The van der Waals surface area contributed by atoms with Gasteiger partial charge >= 0.3 is 0 Å². The Kier molecular flexibility index (Phi) is 3.10. The largest absolute Gasteiger partial charge is 0.374 e. The van der Waals surface area contributed by atoms with E-state index in [1.165, 1.54) is 11.1 Å². The summed E-state index contributed by atoms with van der Waals surface area (Å²) in [6.07, 6.45) is 6.68. The fourth-order valence-corrected chi connectivity index (χ4v) is 3.00. The van der Waals surface area contributed by atoms with E-state index < -0.39 is 5.54 Å². The number of amides is 1. The van der Waals surface area contributed by atoms with Crippen LogP contribution in [0.3, 0.4) is 0 Å². The standard InChI is InChI=1S/C16H19N3O/c1-16(15(17)20)13(7-4-9-19-16)14-12-6-3-2-5-11(12)8-10-18-14/h2-7,9,14,18-19H,8,10H2,1H3,(H2,17,20). The molecule has 2 aliphatic rings. The van der Waals surface area contributed by atoms with E-state index >= 15 is 0 Å². The molecule has 0 fully saturated rings. The minimum absolute atomic E-state index is 0.0231. The van der Waals surface area contributed by atoms with Crippen molar-refractivity contribution in [3.63, 3.8) is 0 Å². The molecule has 1 amide bonds. The maximum atomic E-state index is 11.9. The molecule has 4 heteroatoms. The highest BCUT2D eigenvalue weighted by Gasteiger charge is 2.40. The summed E-state index contributed by atoms with van der Waals surface area (Å²) >= 11 is 0. The summed E-state index contributed by atoms with van der Waals surface area (Å²) < 4.78 is 0. The van der Waals surface area contributed by atoms with Gasteiger partial charge in [-0.3, -0.25) is 4.79 Å². The number of rotatable bonds is 2. The van der Waals surface area contributed by atoms with E-state index in [1.807, 2.05) is 25.1 Å². The van der Waals surface area contributed by atoms with E-state index in [4.69, 9.17) is 5.73 Å². The van der Waals surface area contributed by atoms with Gasteiger partial charge in [-0.25, -0.2) is 0 Å². The lowest BCUT2D eigenvalue weighted by molar-refractivity contribution is -0.122. The number of benzene rings is 1. The van der Waals surface area contributed by atoms with Crippen LogP contribution in [-0.2, 0) is 11.2 Å². The van der Waals surface area contributed by atoms with Crippen LogP contribution >= 0.6 is 0 Å². The van der Waals surface area contributed by atoms with E-state index in [1.54, 1.807) is 6.20 Å². The van der Waals surface area contributed by atoms with Crippen molar-refractivity contribution in [3.05, 3.63) is 59.3 Å². The highest BCUT2D eigenvalue weighted by atomic mass is 16.1. The number of carbonyl (C=O) groups is 1. The summed E-state index contributed by atoms with van der Waals surface area (Å²) in [6, 6.07) is 8.38. The Bertz CT molecular complexity index is 605. The highest BCUT2D eigenvalue weighted by Crippen LogP contribution is 2.35. The summed E-state index contributed by atoms with van der Waals surface area (Å²) in [4.78, 5) is 11.9. The molecule has 0 radical (unpaired) electrons. The first-order chi connectivity index (χ1) is 9.63. The molecular weight excluding hydrogens is 250 g/mol. The Balaban J connectivity index is 2.07. The lowest BCUT2D eigenvalue weighted by Gasteiger charge is -2.39. The number of dihydropyridines is 1. The van der Waals surface area contributed by atoms with E-state index in [9.17, 15) is 4.79 Å².